The molecule has 0 radical (unpaired) electrons. The monoisotopic (exact) mass is 208 g/mol. The van der Waals surface area contributed by atoms with Crippen LogP contribution in [0.3, 0.4) is 0 Å². The van der Waals surface area contributed by atoms with Crippen LogP contribution in [0.1, 0.15) is 37.0 Å². The molecule has 5 heteroatoms. The third-order valence-corrected chi connectivity index (χ3v) is 3.05. The summed E-state index contributed by atoms with van der Waals surface area (Å²) in [5.41, 5.74) is 6.04. The van der Waals surface area contributed by atoms with E-state index >= 15 is 0 Å². The summed E-state index contributed by atoms with van der Waals surface area (Å²) in [6.07, 6.45) is 3.58. The molecule has 0 bridgehead atoms. The number of amides is 1. The number of hydrogen-bond donors (Lipinski definition) is 2. The Labute approximate surface area is 88.6 Å². The van der Waals surface area contributed by atoms with Crippen molar-refractivity contribution >= 4 is 11.7 Å². The number of carbonyl (C=O) groups excluding carboxylic acids is 1. The fourth-order valence-electron chi connectivity index (χ4n) is 2.10. The summed E-state index contributed by atoms with van der Waals surface area (Å²) in [6, 6.07) is 0. The van der Waals surface area contributed by atoms with Crippen LogP contribution in [-0.2, 0) is 0 Å². The fourth-order valence-corrected chi connectivity index (χ4v) is 2.10. The van der Waals surface area contributed by atoms with Gasteiger partial charge in [0.25, 0.3) is 5.91 Å². The standard InChI is InChI=1S/C10H16N4O/c1-10(2)4-3-5-14(10)9(15)7-6-12-13-8(7)11/h6H,3-5H2,1-2H3,(H3,11,12,13). The van der Waals surface area contributed by atoms with E-state index in [2.05, 4.69) is 24.0 Å². The van der Waals surface area contributed by atoms with Gasteiger partial charge < -0.3 is 10.6 Å². The molecule has 0 saturated carbocycles. The number of aromatic amines is 1. The van der Waals surface area contributed by atoms with E-state index in [-0.39, 0.29) is 11.4 Å². The minimum Gasteiger partial charge on any atom is -0.383 e. The molecule has 82 valence electrons. The molecular formula is C10H16N4O. The van der Waals surface area contributed by atoms with Crippen LogP contribution in [0.4, 0.5) is 5.82 Å². The number of nitrogens with one attached hydrogen (secondary N) is 1. The molecule has 1 amide bonds. The van der Waals surface area contributed by atoms with Crippen LogP contribution < -0.4 is 5.73 Å². The highest BCUT2D eigenvalue weighted by Crippen LogP contribution is 2.30. The van der Waals surface area contributed by atoms with Gasteiger partial charge in [-0.05, 0) is 26.7 Å². The summed E-state index contributed by atoms with van der Waals surface area (Å²) in [7, 11) is 0. The van der Waals surface area contributed by atoms with Crippen LogP contribution >= 0.6 is 0 Å². The van der Waals surface area contributed by atoms with E-state index in [0.717, 1.165) is 19.4 Å². The van der Waals surface area contributed by atoms with Crippen molar-refractivity contribution in [1.82, 2.24) is 15.1 Å². The van der Waals surface area contributed by atoms with E-state index in [1.54, 1.807) is 0 Å². The van der Waals surface area contributed by atoms with E-state index in [1.165, 1.54) is 6.20 Å². The van der Waals surface area contributed by atoms with Gasteiger partial charge in [0.2, 0.25) is 0 Å². The van der Waals surface area contributed by atoms with Gasteiger partial charge in [-0.2, -0.15) is 5.10 Å². The van der Waals surface area contributed by atoms with Crippen molar-refractivity contribution in [3.05, 3.63) is 11.8 Å². The number of nitrogens with two attached hydrogens (primary N) is 1. The molecule has 15 heavy (non-hydrogen) atoms. The number of carbonyl (C=O) groups is 1. The Bertz CT molecular complexity index is 383. The summed E-state index contributed by atoms with van der Waals surface area (Å²) in [4.78, 5) is 14.0. The zero-order valence-corrected chi connectivity index (χ0v) is 9.08. The SMILES string of the molecule is CC1(C)CCCN1C(=O)c1cn[nH]c1N. The molecule has 1 saturated heterocycles. The van der Waals surface area contributed by atoms with Gasteiger partial charge >= 0.3 is 0 Å². The maximum atomic E-state index is 12.1. The van der Waals surface area contributed by atoms with E-state index in [0.29, 0.717) is 11.4 Å². The van der Waals surface area contributed by atoms with E-state index in [1.807, 2.05) is 4.90 Å². The zero-order chi connectivity index (χ0) is 11.1. The molecule has 0 unspecified atom stereocenters. The Kier molecular flexibility index (Phi) is 2.17. The van der Waals surface area contributed by atoms with Crippen molar-refractivity contribution in [2.75, 3.05) is 12.3 Å². The molecule has 1 aromatic heterocycles. The molecular weight excluding hydrogens is 192 g/mol. The minimum atomic E-state index is -0.0687. The maximum Gasteiger partial charge on any atom is 0.259 e. The van der Waals surface area contributed by atoms with Gasteiger partial charge in [0.05, 0.1) is 6.20 Å². The molecule has 1 aliphatic heterocycles. The molecule has 0 spiro atoms. The van der Waals surface area contributed by atoms with Gasteiger partial charge in [-0.3, -0.25) is 9.89 Å². The van der Waals surface area contributed by atoms with Gasteiger partial charge in [0.15, 0.2) is 0 Å². The third kappa shape index (κ3) is 1.58. The minimum absolute atomic E-state index is 0.0243. The van der Waals surface area contributed by atoms with Crippen LogP contribution in [-0.4, -0.2) is 33.1 Å². The number of rotatable bonds is 1. The van der Waals surface area contributed by atoms with E-state index in [9.17, 15) is 4.79 Å². The summed E-state index contributed by atoms with van der Waals surface area (Å²) >= 11 is 0. The van der Waals surface area contributed by atoms with Gasteiger partial charge in [0, 0.05) is 12.1 Å². The van der Waals surface area contributed by atoms with Gasteiger partial charge in [-0.15, -0.1) is 0 Å². The molecule has 5 nitrogen and oxygen atoms in total. The first kappa shape index (κ1) is 10.0. The average Bonchev–Trinajstić information content (AvgIpc) is 2.70. The second-order valence-corrected chi connectivity index (χ2v) is 4.57. The van der Waals surface area contributed by atoms with Crippen LogP contribution in [0, 0.1) is 0 Å². The highest BCUT2D eigenvalue weighted by molar-refractivity contribution is 5.98. The summed E-state index contributed by atoms with van der Waals surface area (Å²) in [5.74, 6) is 0.325. The Morgan fingerprint density at radius 3 is 2.87 bits per heavy atom. The van der Waals surface area contributed by atoms with Crippen LogP contribution in [0.2, 0.25) is 0 Å². The number of aromatic nitrogens is 2. The first-order valence-corrected chi connectivity index (χ1v) is 5.13. The maximum absolute atomic E-state index is 12.1. The molecule has 1 fully saturated rings. The molecule has 0 atom stereocenters. The van der Waals surface area contributed by atoms with Crippen molar-refractivity contribution in [3.63, 3.8) is 0 Å². The van der Waals surface area contributed by atoms with Crippen molar-refractivity contribution in [2.24, 2.45) is 0 Å². The number of anilines is 1. The number of H-pyrrole nitrogens is 1. The van der Waals surface area contributed by atoms with Gasteiger partial charge in [0.1, 0.15) is 11.4 Å². The normalized spacial score (nSPS) is 19.5. The first-order valence-electron chi connectivity index (χ1n) is 5.13. The Hall–Kier alpha value is -1.52. The highest BCUT2D eigenvalue weighted by atomic mass is 16.2. The Morgan fingerprint density at radius 1 is 1.67 bits per heavy atom. The van der Waals surface area contributed by atoms with Crippen molar-refractivity contribution in [3.8, 4) is 0 Å². The van der Waals surface area contributed by atoms with Crippen LogP contribution in [0.15, 0.2) is 6.20 Å². The quantitative estimate of drug-likeness (QED) is 0.723. The zero-order valence-electron chi connectivity index (χ0n) is 9.08. The topological polar surface area (TPSA) is 75.0 Å². The van der Waals surface area contributed by atoms with Gasteiger partial charge in [-0.25, -0.2) is 0 Å². The lowest BCUT2D eigenvalue weighted by atomic mass is 10.0. The molecule has 2 heterocycles. The number of nitrogens with zero attached hydrogens (tertiary/aromatic N) is 2. The molecule has 3 N–H and O–H groups in total. The lowest BCUT2D eigenvalue weighted by Crippen LogP contribution is -2.42. The van der Waals surface area contributed by atoms with E-state index in [4.69, 9.17) is 5.73 Å². The Balaban J connectivity index is 2.26. The van der Waals surface area contributed by atoms with Crippen molar-refractivity contribution in [1.29, 1.82) is 0 Å². The Morgan fingerprint density at radius 2 is 2.40 bits per heavy atom. The predicted octanol–water partition coefficient (Wildman–Crippen LogP) is 1.01. The smallest absolute Gasteiger partial charge is 0.259 e. The number of hydrogen-bond acceptors (Lipinski definition) is 3. The lowest BCUT2D eigenvalue weighted by molar-refractivity contribution is 0.0653. The van der Waals surface area contributed by atoms with Crippen LogP contribution in [0.25, 0.3) is 0 Å². The number of likely N-dealkylation sites (tertiary alicyclic amines) is 1. The third-order valence-electron chi connectivity index (χ3n) is 3.05. The lowest BCUT2D eigenvalue weighted by Gasteiger charge is -2.31. The largest absolute Gasteiger partial charge is 0.383 e. The van der Waals surface area contributed by atoms with Crippen LogP contribution in [0.5, 0.6) is 0 Å². The second-order valence-electron chi connectivity index (χ2n) is 4.57. The second kappa shape index (κ2) is 3.25. The summed E-state index contributed by atoms with van der Waals surface area (Å²) in [5, 5.41) is 6.35. The predicted molar refractivity (Wildman–Crippen MR) is 57.3 cm³/mol. The molecule has 0 aromatic carbocycles. The van der Waals surface area contributed by atoms with E-state index < -0.39 is 0 Å². The highest BCUT2D eigenvalue weighted by Gasteiger charge is 2.36. The fraction of sp³-hybridized carbons (Fsp3) is 0.600. The molecule has 1 aromatic rings. The van der Waals surface area contributed by atoms with Crippen molar-refractivity contribution in [2.45, 2.75) is 32.2 Å². The number of nitrogen functional groups attached to an aromatic ring is 1. The molecule has 1 aliphatic rings. The first-order chi connectivity index (χ1) is 7.02. The molecule has 2 rings (SSSR count). The molecule has 0 aliphatic carbocycles. The summed E-state index contributed by atoms with van der Waals surface area (Å²) in [6.45, 7) is 4.96. The van der Waals surface area contributed by atoms with Gasteiger partial charge in [-0.1, -0.05) is 0 Å². The van der Waals surface area contributed by atoms with Crippen molar-refractivity contribution < 1.29 is 4.79 Å². The summed E-state index contributed by atoms with van der Waals surface area (Å²) < 4.78 is 0. The average molecular weight is 208 g/mol.